The lowest BCUT2D eigenvalue weighted by atomic mass is 9.79. The zero-order chi connectivity index (χ0) is 13.9. The average molecular weight is 268 g/mol. The number of aryl methyl sites for hydroxylation is 2. The Morgan fingerprint density at radius 2 is 1.80 bits per heavy atom. The summed E-state index contributed by atoms with van der Waals surface area (Å²) in [7, 11) is -1.51. The van der Waals surface area contributed by atoms with Crippen molar-refractivity contribution in [3.05, 3.63) is 59.2 Å². The molecule has 0 fully saturated rings. The minimum Gasteiger partial charge on any atom is -0.489 e. The van der Waals surface area contributed by atoms with Gasteiger partial charge >= 0.3 is 7.12 Å². The van der Waals surface area contributed by atoms with Crippen molar-refractivity contribution >= 4 is 12.6 Å². The largest absolute Gasteiger partial charge is 0.492 e. The van der Waals surface area contributed by atoms with Crippen molar-refractivity contribution in [2.75, 3.05) is 0 Å². The van der Waals surface area contributed by atoms with Crippen LogP contribution in [0.1, 0.15) is 23.1 Å². The van der Waals surface area contributed by atoms with E-state index >= 15 is 0 Å². The molecule has 1 aliphatic carbocycles. The zero-order valence-electron chi connectivity index (χ0n) is 11.2. The van der Waals surface area contributed by atoms with E-state index < -0.39 is 7.12 Å². The molecule has 0 saturated carbocycles. The van der Waals surface area contributed by atoms with Crippen LogP contribution in [0.3, 0.4) is 0 Å². The van der Waals surface area contributed by atoms with E-state index in [1.54, 1.807) is 18.2 Å². The topological polar surface area (TPSA) is 49.7 Å². The molecule has 3 nitrogen and oxygen atoms in total. The monoisotopic (exact) mass is 268 g/mol. The highest BCUT2D eigenvalue weighted by molar-refractivity contribution is 6.59. The van der Waals surface area contributed by atoms with Gasteiger partial charge in [-0.2, -0.15) is 0 Å². The van der Waals surface area contributed by atoms with Crippen LogP contribution in [0.25, 0.3) is 0 Å². The standard InChI is InChI=1S/C16H17BO3/c18-17(19)15-6-1-2-7-16(15)20-11-12-8-9-13-4-3-5-14(13)10-12/h1-2,6-10,18-19H,3-5,11H2. The number of para-hydroxylation sites is 1. The highest BCUT2D eigenvalue weighted by atomic mass is 16.5. The van der Waals surface area contributed by atoms with Gasteiger partial charge in [-0.3, -0.25) is 0 Å². The lowest BCUT2D eigenvalue weighted by Gasteiger charge is -2.11. The van der Waals surface area contributed by atoms with Gasteiger partial charge in [0, 0.05) is 5.46 Å². The molecule has 2 aromatic carbocycles. The van der Waals surface area contributed by atoms with E-state index in [-0.39, 0.29) is 0 Å². The molecule has 0 aromatic heterocycles. The quantitative estimate of drug-likeness (QED) is 0.825. The van der Waals surface area contributed by atoms with E-state index in [1.165, 1.54) is 24.0 Å². The molecule has 3 rings (SSSR count). The maximum atomic E-state index is 9.30. The Morgan fingerprint density at radius 3 is 2.65 bits per heavy atom. The summed E-state index contributed by atoms with van der Waals surface area (Å²) in [6, 6.07) is 13.4. The fraction of sp³-hybridized carbons (Fsp3) is 0.250. The summed E-state index contributed by atoms with van der Waals surface area (Å²) in [5, 5.41) is 18.6. The number of ether oxygens (including phenoxy) is 1. The van der Waals surface area contributed by atoms with Gasteiger partial charge in [0.15, 0.2) is 0 Å². The Hall–Kier alpha value is -1.78. The molecular weight excluding hydrogens is 251 g/mol. The highest BCUT2D eigenvalue weighted by Crippen LogP contribution is 2.23. The molecule has 0 bridgehead atoms. The molecule has 20 heavy (non-hydrogen) atoms. The third-order valence-corrected chi connectivity index (χ3v) is 3.75. The second-order valence-electron chi connectivity index (χ2n) is 5.16. The molecule has 2 N–H and O–H groups in total. The molecule has 2 aromatic rings. The molecule has 0 heterocycles. The molecule has 0 spiro atoms. The van der Waals surface area contributed by atoms with Gasteiger partial charge in [-0.15, -0.1) is 0 Å². The van der Waals surface area contributed by atoms with E-state index in [9.17, 15) is 10.0 Å². The van der Waals surface area contributed by atoms with E-state index in [1.807, 2.05) is 6.07 Å². The van der Waals surface area contributed by atoms with Crippen molar-refractivity contribution in [3.63, 3.8) is 0 Å². The first-order valence-electron chi connectivity index (χ1n) is 6.92. The van der Waals surface area contributed by atoms with Crippen LogP contribution >= 0.6 is 0 Å². The van der Waals surface area contributed by atoms with Crippen molar-refractivity contribution in [1.29, 1.82) is 0 Å². The third kappa shape index (κ3) is 2.71. The molecule has 102 valence electrons. The van der Waals surface area contributed by atoms with Crippen molar-refractivity contribution < 1.29 is 14.8 Å². The van der Waals surface area contributed by atoms with Gasteiger partial charge in [-0.05, 0) is 42.0 Å². The summed E-state index contributed by atoms with van der Waals surface area (Å²) < 4.78 is 5.72. The smallest absolute Gasteiger partial charge is 0.489 e. The summed E-state index contributed by atoms with van der Waals surface area (Å²) in [4.78, 5) is 0. The van der Waals surface area contributed by atoms with Gasteiger partial charge in [0.25, 0.3) is 0 Å². The Kier molecular flexibility index (Phi) is 3.76. The Labute approximate surface area is 119 Å². The SMILES string of the molecule is OB(O)c1ccccc1OCc1ccc2c(c1)CCC2. The van der Waals surface area contributed by atoms with Crippen molar-refractivity contribution in [2.24, 2.45) is 0 Å². The van der Waals surface area contributed by atoms with Crippen LogP contribution in [0.2, 0.25) is 0 Å². The van der Waals surface area contributed by atoms with Crippen LogP contribution in [0.4, 0.5) is 0 Å². The second-order valence-corrected chi connectivity index (χ2v) is 5.16. The number of hydrogen-bond acceptors (Lipinski definition) is 3. The molecule has 0 atom stereocenters. The maximum absolute atomic E-state index is 9.30. The predicted molar refractivity (Wildman–Crippen MR) is 79.1 cm³/mol. The van der Waals surface area contributed by atoms with Gasteiger partial charge in [0.1, 0.15) is 12.4 Å². The van der Waals surface area contributed by atoms with Gasteiger partial charge in [0.05, 0.1) is 0 Å². The van der Waals surface area contributed by atoms with Crippen LogP contribution in [0.5, 0.6) is 5.75 Å². The molecule has 0 radical (unpaired) electrons. The lowest BCUT2D eigenvalue weighted by Crippen LogP contribution is -2.31. The summed E-state index contributed by atoms with van der Waals surface area (Å²) in [6.45, 7) is 0.441. The summed E-state index contributed by atoms with van der Waals surface area (Å²) >= 11 is 0. The van der Waals surface area contributed by atoms with Crippen LogP contribution in [0.15, 0.2) is 42.5 Å². The van der Waals surface area contributed by atoms with E-state index in [2.05, 4.69) is 18.2 Å². The summed E-state index contributed by atoms with van der Waals surface area (Å²) in [5.41, 5.74) is 4.38. The molecule has 0 unspecified atom stereocenters. The molecule has 0 saturated heterocycles. The van der Waals surface area contributed by atoms with Crippen LogP contribution < -0.4 is 10.2 Å². The van der Waals surface area contributed by atoms with Crippen LogP contribution in [0, 0.1) is 0 Å². The first-order valence-corrected chi connectivity index (χ1v) is 6.92. The fourth-order valence-electron chi connectivity index (χ4n) is 2.70. The summed E-state index contributed by atoms with van der Waals surface area (Å²) in [6.07, 6.45) is 3.56. The predicted octanol–water partition coefficient (Wildman–Crippen LogP) is 1.43. The summed E-state index contributed by atoms with van der Waals surface area (Å²) in [5.74, 6) is 0.517. The maximum Gasteiger partial charge on any atom is 0.492 e. The van der Waals surface area contributed by atoms with Crippen LogP contribution in [-0.2, 0) is 19.4 Å². The first kappa shape index (κ1) is 13.2. The minimum atomic E-state index is -1.51. The third-order valence-electron chi connectivity index (χ3n) is 3.75. The minimum absolute atomic E-state index is 0.397. The Morgan fingerprint density at radius 1 is 1.00 bits per heavy atom. The Balaban J connectivity index is 1.74. The Bertz CT molecular complexity index is 610. The lowest BCUT2D eigenvalue weighted by molar-refractivity contribution is 0.306. The fourth-order valence-corrected chi connectivity index (χ4v) is 2.70. The molecule has 1 aliphatic rings. The number of hydrogen-bond donors (Lipinski definition) is 2. The van der Waals surface area contributed by atoms with Gasteiger partial charge < -0.3 is 14.8 Å². The van der Waals surface area contributed by atoms with E-state index in [4.69, 9.17) is 4.74 Å². The van der Waals surface area contributed by atoms with E-state index in [0.717, 1.165) is 12.0 Å². The molecule has 0 aliphatic heterocycles. The van der Waals surface area contributed by atoms with Crippen molar-refractivity contribution in [1.82, 2.24) is 0 Å². The second kappa shape index (κ2) is 5.69. The van der Waals surface area contributed by atoms with Crippen molar-refractivity contribution in [3.8, 4) is 5.75 Å². The van der Waals surface area contributed by atoms with Crippen LogP contribution in [-0.4, -0.2) is 17.2 Å². The van der Waals surface area contributed by atoms with Gasteiger partial charge in [0.2, 0.25) is 0 Å². The van der Waals surface area contributed by atoms with Gasteiger partial charge in [-0.1, -0.05) is 36.4 Å². The normalized spacial score (nSPS) is 13.1. The highest BCUT2D eigenvalue weighted by Gasteiger charge is 2.16. The number of rotatable bonds is 4. The van der Waals surface area contributed by atoms with Gasteiger partial charge in [-0.25, -0.2) is 0 Å². The van der Waals surface area contributed by atoms with E-state index in [0.29, 0.717) is 17.8 Å². The molecular formula is C16H17BO3. The number of benzene rings is 2. The van der Waals surface area contributed by atoms with Crippen molar-refractivity contribution in [2.45, 2.75) is 25.9 Å². The number of fused-ring (bicyclic) bond motifs is 1. The average Bonchev–Trinajstić information content (AvgIpc) is 2.92. The zero-order valence-corrected chi connectivity index (χ0v) is 11.2. The molecule has 0 amide bonds. The molecule has 4 heteroatoms. The first-order chi connectivity index (χ1) is 9.74.